The summed E-state index contributed by atoms with van der Waals surface area (Å²) < 4.78 is 0. The molecule has 0 aliphatic heterocycles. The minimum atomic E-state index is -0.346. The molecule has 0 saturated heterocycles. The molecular weight excluding hydrogens is 186 g/mol. The first-order valence-corrected chi connectivity index (χ1v) is 5.16. The lowest BCUT2D eigenvalue weighted by Gasteiger charge is -2.03. The van der Waals surface area contributed by atoms with Crippen molar-refractivity contribution in [2.24, 2.45) is 5.73 Å². The van der Waals surface area contributed by atoms with Crippen LogP contribution in [0.15, 0.2) is 5.38 Å². The van der Waals surface area contributed by atoms with Gasteiger partial charge in [-0.1, -0.05) is 0 Å². The van der Waals surface area contributed by atoms with E-state index in [-0.39, 0.29) is 6.10 Å². The van der Waals surface area contributed by atoms with Crippen molar-refractivity contribution in [3.8, 4) is 0 Å². The van der Waals surface area contributed by atoms with Gasteiger partial charge in [-0.3, -0.25) is 0 Å². The summed E-state index contributed by atoms with van der Waals surface area (Å²) in [6.45, 7) is 2.90. The van der Waals surface area contributed by atoms with Gasteiger partial charge in [-0.05, 0) is 13.5 Å². The van der Waals surface area contributed by atoms with E-state index in [2.05, 4.69) is 10.3 Å². The summed E-state index contributed by atoms with van der Waals surface area (Å²) in [5, 5.41) is 14.9. The lowest BCUT2D eigenvalue weighted by Crippen LogP contribution is -2.15. The van der Waals surface area contributed by atoms with Crippen molar-refractivity contribution in [1.29, 1.82) is 0 Å². The predicted molar refractivity (Wildman–Crippen MR) is 55.0 cm³/mol. The predicted octanol–water partition coefficient (Wildman–Crippen LogP) is 0.437. The van der Waals surface area contributed by atoms with Crippen LogP contribution in [0.5, 0.6) is 0 Å². The van der Waals surface area contributed by atoms with Gasteiger partial charge in [0.1, 0.15) is 0 Å². The van der Waals surface area contributed by atoms with Crippen molar-refractivity contribution in [3.05, 3.63) is 11.1 Å². The van der Waals surface area contributed by atoms with Gasteiger partial charge in [-0.15, -0.1) is 11.3 Å². The molecule has 0 spiro atoms. The Balaban J connectivity index is 2.39. The number of nitrogens with one attached hydrogen (secondary N) is 1. The monoisotopic (exact) mass is 201 g/mol. The molecule has 0 fully saturated rings. The largest absolute Gasteiger partial charge is 0.392 e. The normalized spacial score (nSPS) is 12.8. The van der Waals surface area contributed by atoms with Crippen LogP contribution >= 0.6 is 11.3 Å². The highest BCUT2D eigenvalue weighted by Gasteiger charge is 2.01. The third kappa shape index (κ3) is 3.71. The summed E-state index contributed by atoms with van der Waals surface area (Å²) in [7, 11) is 0. The van der Waals surface area contributed by atoms with Gasteiger partial charge in [0.05, 0.1) is 11.8 Å². The van der Waals surface area contributed by atoms with Crippen LogP contribution in [0, 0.1) is 0 Å². The standard InChI is InChI=1S/C8H15N3OS/c1-6(12)4-10-8-11-7(2-3-9)5-13-8/h5-6,12H,2-4,9H2,1H3,(H,10,11). The molecule has 4 nitrogen and oxygen atoms in total. The molecule has 0 radical (unpaired) electrons. The van der Waals surface area contributed by atoms with Crippen LogP contribution in [0.25, 0.3) is 0 Å². The molecule has 0 amide bonds. The van der Waals surface area contributed by atoms with Crippen LogP contribution in [-0.2, 0) is 6.42 Å². The number of nitrogens with zero attached hydrogens (tertiary/aromatic N) is 1. The summed E-state index contributed by atoms with van der Waals surface area (Å²) in [5.41, 5.74) is 6.41. The lowest BCUT2D eigenvalue weighted by atomic mass is 10.3. The lowest BCUT2D eigenvalue weighted by molar-refractivity contribution is 0.208. The number of aromatic nitrogens is 1. The van der Waals surface area contributed by atoms with Crippen LogP contribution in [-0.4, -0.2) is 29.3 Å². The summed E-state index contributed by atoms with van der Waals surface area (Å²) in [6.07, 6.45) is 0.467. The molecule has 1 atom stereocenters. The summed E-state index contributed by atoms with van der Waals surface area (Å²) in [5.74, 6) is 0. The number of anilines is 1. The first-order chi connectivity index (χ1) is 6.22. The molecule has 4 N–H and O–H groups in total. The number of nitrogens with two attached hydrogens (primary N) is 1. The molecule has 13 heavy (non-hydrogen) atoms. The number of thiazole rings is 1. The van der Waals surface area contributed by atoms with E-state index in [1.165, 1.54) is 0 Å². The smallest absolute Gasteiger partial charge is 0.182 e. The fourth-order valence-electron chi connectivity index (χ4n) is 0.886. The molecule has 1 aromatic rings. The van der Waals surface area contributed by atoms with E-state index in [9.17, 15) is 0 Å². The molecule has 0 saturated carbocycles. The second kappa shape index (κ2) is 5.16. The van der Waals surface area contributed by atoms with Gasteiger partial charge in [-0.25, -0.2) is 4.98 Å². The van der Waals surface area contributed by atoms with Crippen molar-refractivity contribution in [1.82, 2.24) is 4.98 Å². The van der Waals surface area contributed by atoms with E-state index in [1.54, 1.807) is 18.3 Å². The molecule has 74 valence electrons. The third-order valence-electron chi connectivity index (χ3n) is 1.50. The zero-order chi connectivity index (χ0) is 9.68. The SMILES string of the molecule is CC(O)CNc1nc(CCN)cs1. The Bertz CT molecular complexity index is 249. The van der Waals surface area contributed by atoms with Crippen molar-refractivity contribution in [2.75, 3.05) is 18.4 Å². The van der Waals surface area contributed by atoms with Crippen molar-refractivity contribution in [3.63, 3.8) is 0 Å². The average Bonchev–Trinajstić information content (AvgIpc) is 2.50. The summed E-state index contributed by atoms with van der Waals surface area (Å²) in [4.78, 5) is 4.29. The topological polar surface area (TPSA) is 71.2 Å². The Labute approximate surface area is 81.8 Å². The van der Waals surface area contributed by atoms with Gasteiger partial charge < -0.3 is 16.2 Å². The zero-order valence-corrected chi connectivity index (χ0v) is 8.47. The highest BCUT2D eigenvalue weighted by molar-refractivity contribution is 7.13. The van der Waals surface area contributed by atoms with Gasteiger partial charge in [0.15, 0.2) is 5.13 Å². The maximum absolute atomic E-state index is 9.02. The van der Waals surface area contributed by atoms with Crippen molar-refractivity contribution < 1.29 is 5.11 Å². The van der Waals surface area contributed by atoms with Crippen molar-refractivity contribution in [2.45, 2.75) is 19.4 Å². The van der Waals surface area contributed by atoms with Gasteiger partial charge in [0.25, 0.3) is 0 Å². The number of aliphatic hydroxyl groups is 1. The van der Waals surface area contributed by atoms with E-state index in [1.807, 2.05) is 5.38 Å². The maximum Gasteiger partial charge on any atom is 0.182 e. The first-order valence-electron chi connectivity index (χ1n) is 4.28. The molecule has 0 aromatic carbocycles. The molecule has 5 heteroatoms. The minimum Gasteiger partial charge on any atom is -0.392 e. The van der Waals surface area contributed by atoms with E-state index in [0.717, 1.165) is 17.2 Å². The Morgan fingerprint density at radius 1 is 1.77 bits per heavy atom. The van der Waals surface area contributed by atoms with Crippen LogP contribution in [0.4, 0.5) is 5.13 Å². The highest BCUT2D eigenvalue weighted by Crippen LogP contribution is 2.15. The second-order valence-electron chi connectivity index (χ2n) is 2.91. The van der Waals surface area contributed by atoms with E-state index >= 15 is 0 Å². The molecule has 0 bridgehead atoms. The summed E-state index contributed by atoms with van der Waals surface area (Å²) in [6, 6.07) is 0. The number of hydrogen-bond acceptors (Lipinski definition) is 5. The Kier molecular flexibility index (Phi) is 4.14. The van der Waals surface area contributed by atoms with Gasteiger partial charge in [-0.2, -0.15) is 0 Å². The molecular formula is C8H15N3OS. The molecule has 0 aliphatic rings. The Morgan fingerprint density at radius 3 is 3.15 bits per heavy atom. The third-order valence-corrected chi connectivity index (χ3v) is 2.35. The number of hydrogen-bond donors (Lipinski definition) is 3. The Hall–Kier alpha value is -0.650. The average molecular weight is 201 g/mol. The quantitative estimate of drug-likeness (QED) is 0.646. The molecule has 1 aromatic heterocycles. The van der Waals surface area contributed by atoms with E-state index in [0.29, 0.717) is 13.1 Å². The molecule has 1 heterocycles. The zero-order valence-electron chi connectivity index (χ0n) is 7.66. The molecule has 1 unspecified atom stereocenters. The van der Waals surface area contributed by atoms with Crippen molar-refractivity contribution >= 4 is 16.5 Å². The van der Waals surface area contributed by atoms with Crippen LogP contribution < -0.4 is 11.1 Å². The number of aliphatic hydroxyl groups excluding tert-OH is 1. The van der Waals surface area contributed by atoms with Crippen LogP contribution in [0.3, 0.4) is 0 Å². The fraction of sp³-hybridized carbons (Fsp3) is 0.625. The highest BCUT2D eigenvalue weighted by atomic mass is 32.1. The van der Waals surface area contributed by atoms with Crippen LogP contribution in [0.1, 0.15) is 12.6 Å². The van der Waals surface area contributed by atoms with Gasteiger partial charge >= 0.3 is 0 Å². The maximum atomic E-state index is 9.02. The number of rotatable bonds is 5. The summed E-state index contributed by atoms with van der Waals surface area (Å²) >= 11 is 1.54. The fourth-order valence-corrected chi connectivity index (χ4v) is 1.64. The van der Waals surface area contributed by atoms with Gasteiger partial charge in [0, 0.05) is 18.3 Å². The Morgan fingerprint density at radius 2 is 2.54 bits per heavy atom. The second-order valence-corrected chi connectivity index (χ2v) is 3.77. The molecule has 1 rings (SSSR count). The van der Waals surface area contributed by atoms with E-state index in [4.69, 9.17) is 10.8 Å². The minimum absolute atomic E-state index is 0.346. The molecule has 0 aliphatic carbocycles. The first kappa shape index (κ1) is 10.4. The van der Waals surface area contributed by atoms with Crippen LogP contribution in [0.2, 0.25) is 0 Å². The van der Waals surface area contributed by atoms with E-state index < -0.39 is 0 Å². The van der Waals surface area contributed by atoms with Gasteiger partial charge in [0.2, 0.25) is 0 Å².